The van der Waals surface area contributed by atoms with Crippen LogP contribution in [-0.4, -0.2) is 25.8 Å². The van der Waals surface area contributed by atoms with Crippen LogP contribution in [0.1, 0.15) is 19.3 Å². The van der Waals surface area contributed by atoms with Gasteiger partial charge in [0.25, 0.3) is 0 Å². The Labute approximate surface area is 119 Å². The predicted octanol–water partition coefficient (Wildman–Crippen LogP) is 3.12. The molecule has 1 aromatic heterocycles. The van der Waals surface area contributed by atoms with Crippen molar-refractivity contribution in [3.05, 3.63) is 42.7 Å². The molecular formula is C15H17NO3S. The zero-order chi connectivity index (χ0) is 14.0. The summed E-state index contributed by atoms with van der Waals surface area (Å²) in [7, 11) is -3.34. The topological polar surface area (TPSA) is 50.5 Å². The zero-order valence-electron chi connectivity index (χ0n) is 11.2. The fraction of sp³-hybridized carbons (Fsp3) is 0.333. The van der Waals surface area contributed by atoms with Gasteiger partial charge in [-0.25, -0.2) is 8.42 Å². The molecule has 0 bridgehead atoms. The fourth-order valence-electron chi connectivity index (χ4n) is 2.49. The minimum Gasteiger partial charge on any atom is -0.464 e. The molecule has 0 amide bonds. The van der Waals surface area contributed by atoms with Crippen LogP contribution in [0, 0.1) is 0 Å². The molecule has 0 radical (unpaired) electrons. The standard InChI is InChI=1S/C15H17NO3S/c17-20(18,16-10-2-1-3-11-16)14-8-6-13(7-9-14)15-5-4-12-19-15/h4-9,12H,1-3,10-11H2. The molecule has 3 rings (SSSR count). The van der Waals surface area contributed by atoms with E-state index in [1.165, 1.54) is 0 Å². The number of nitrogens with zero attached hydrogens (tertiary/aromatic N) is 1. The summed E-state index contributed by atoms with van der Waals surface area (Å²) in [5, 5.41) is 0. The van der Waals surface area contributed by atoms with E-state index < -0.39 is 10.0 Å². The molecule has 1 saturated heterocycles. The first kappa shape index (κ1) is 13.4. The second kappa shape index (κ2) is 5.42. The molecule has 1 aliphatic rings. The Bertz CT molecular complexity index is 654. The Morgan fingerprint density at radius 2 is 1.65 bits per heavy atom. The zero-order valence-corrected chi connectivity index (χ0v) is 12.0. The predicted molar refractivity (Wildman–Crippen MR) is 76.8 cm³/mol. The third-order valence-corrected chi connectivity index (χ3v) is 5.53. The van der Waals surface area contributed by atoms with Crippen molar-refractivity contribution < 1.29 is 12.8 Å². The number of hydrogen-bond donors (Lipinski definition) is 0. The normalized spacial score (nSPS) is 17.2. The van der Waals surface area contributed by atoms with E-state index >= 15 is 0 Å². The molecule has 2 aromatic rings. The average Bonchev–Trinajstić information content (AvgIpc) is 3.02. The largest absolute Gasteiger partial charge is 0.464 e. The van der Waals surface area contributed by atoms with Crippen LogP contribution < -0.4 is 0 Å². The molecule has 1 aromatic carbocycles. The van der Waals surface area contributed by atoms with Crippen LogP contribution in [0.3, 0.4) is 0 Å². The van der Waals surface area contributed by atoms with Gasteiger partial charge in [0.05, 0.1) is 11.2 Å². The Kier molecular flexibility index (Phi) is 3.63. The van der Waals surface area contributed by atoms with Crippen LogP contribution in [0.2, 0.25) is 0 Å². The van der Waals surface area contributed by atoms with Crippen LogP contribution >= 0.6 is 0 Å². The highest BCUT2D eigenvalue weighted by Gasteiger charge is 2.25. The highest BCUT2D eigenvalue weighted by Crippen LogP contribution is 2.24. The summed E-state index contributed by atoms with van der Waals surface area (Å²) >= 11 is 0. The molecule has 2 heterocycles. The van der Waals surface area contributed by atoms with Crippen molar-refractivity contribution in [1.29, 1.82) is 0 Å². The average molecular weight is 291 g/mol. The van der Waals surface area contributed by atoms with E-state index in [4.69, 9.17) is 4.42 Å². The van der Waals surface area contributed by atoms with Crippen LogP contribution in [0.25, 0.3) is 11.3 Å². The summed E-state index contributed by atoms with van der Waals surface area (Å²) < 4.78 is 31.9. The molecule has 0 atom stereocenters. The monoisotopic (exact) mass is 291 g/mol. The van der Waals surface area contributed by atoms with Crippen LogP contribution in [0.5, 0.6) is 0 Å². The Hall–Kier alpha value is -1.59. The number of furan rings is 1. The van der Waals surface area contributed by atoms with Crippen molar-refractivity contribution in [3.8, 4) is 11.3 Å². The molecule has 4 nitrogen and oxygen atoms in total. The van der Waals surface area contributed by atoms with Gasteiger partial charge in [-0.05, 0) is 49.2 Å². The van der Waals surface area contributed by atoms with Crippen molar-refractivity contribution >= 4 is 10.0 Å². The van der Waals surface area contributed by atoms with Crippen molar-refractivity contribution in [2.45, 2.75) is 24.2 Å². The second-order valence-corrected chi connectivity index (χ2v) is 6.90. The fourth-order valence-corrected chi connectivity index (χ4v) is 4.01. The first-order chi connectivity index (χ1) is 9.68. The lowest BCUT2D eigenvalue weighted by molar-refractivity contribution is 0.346. The number of sulfonamides is 1. The molecule has 0 unspecified atom stereocenters. The minimum atomic E-state index is -3.34. The highest BCUT2D eigenvalue weighted by atomic mass is 32.2. The molecule has 0 aliphatic carbocycles. The molecule has 106 valence electrons. The first-order valence-electron chi connectivity index (χ1n) is 6.82. The Balaban J connectivity index is 1.87. The summed E-state index contributed by atoms with van der Waals surface area (Å²) in [6, 6.07) is 10.6. The van der Waals surface area contributed by atoms with Gasteiger partial charge in [-0.15, -0.1) is 0 Å². The van der Waals surface area contributed by atoms with Gasteiger partial charge in [0, 0.05) is 18.7 Å². The summed E-state index contributed by atoms with van der Waals surface area (Å²) in [4.78, 5) is 0.356. The minimum absolute atomic E-state index is 0.356. The Morgan fingerprint density at radius 3 is 2.25 bits per heavy atom. The molecule has 0 spiro atoms. The van der Waals surface area contributed by atoms with E-state index in [9.17, 15) is 8.42 Å². The Morgan fingerprint density at radius 1 is 0.950 bits per heavy atom. The third-order valence-electron chi connectivity index (χ3n) is 3.61. The second-order valence-electron chi connectivity index (χ2n) is 4.97. The highest BCUT2D eigenvalue weighted by molar-refractivity contribution is 7.89. The van der Waals surface area contributed by atoms with Gasteiger partial charge in [0.2, 0.25) is 10.0 Å². The molecule has 20 heavy (non-hydrogen) atoms. The van der Waals surface area contributed by atoms with E-state index in [2.05, 4.69) is 0 Å². The summed E-state index contributed by atoms with van der Waals surface area (Å²) in [6.45, 7) is 1.25. The van der Waals surface area contributed by atoms with E-state index in [1.54, 1.807) is 34.8 Å². The molecule has 0 N–H and O–H groups in total. The van der Waals surface area contributed by atoms with Gasteiger partial charge < -0.3 is 4.42 Å². The maximum atomic E-state index is 12.5. The van der Waals surface area contributed by atoms with Crippen molar-refractivity contribution in [2.75, 3.05) is 13.1 Å². The van der Waals surface area contributed by atoms with Gasteiger partial charge in [0.15, 0.2) is 0 Å². The van der Waals surface area contributed by atoms with Gasteiger partial charge in [-0.2, -0.15) is 4.31 Å². The lowest BCUT2D eigenvalue weighted by Crippen LogP contribution is -2.35. The maximum Gasteiger partial charge on any atom is 0.243 e. The molecular weight excluding hydrogens is 274 g/mol. The van der Waals surface area contributed by atoms with Gasteiger partial charge in [-0.1, -0.05) is 6.42 Å². The summed E-state index contributed by atoms with van der Waals surface area (Å²) in [5.41, 5.74) is 0.882. The van der Waals surface area contributed by atoms with Gasteiger partial charge in [-0.3, -0.25) is 0 Å². The lowest BCUT2D eigenvalue weighted by Gasteiger charge is -2.25. The van der Waals surface area contributed by atoms with E-state index in [1.807, 2.05) is 12.1 Å². The molecule has 1 aliphatic heterocycles. The third kappa shape index (κ3) is 2.51. The van der Waals surface area contributed by atoms with E-state index in [0.29, 0.717) is 18.0 Å². The number of benzene rings is 1. The lowest BCUT2D eigenvalue weighted by atomic mass is 10.2. The summed E-state index contributed by atoms with van der Waals surface area (Å²) in [6.07, 6.45) is 4.62. The van der Waals surface area contributed by atoms with Crippen LogP contribution in [0.15, 0.2) is 52.0 Å². The van der Waals surface area contributed by atoms with Gasteiger partial charge >= 0.3 is 0 Å². The molecule has 0 saturated carbocycles. The van der Waals surface area contributed by atoms with Crippen LogP contribution in [-0.2, 0) is 10.0 Å². The van der Waals surface area contributed by atoms with E-state index in [0.717, 1.165) is 30.6 Å². The van der Waals surface area contributed by atoms with Crippen molar-refractivity contribution in [2.24, 2.45) is 0 Å². The number of piperidine rings is 1. The molecule has 1 fully saturated rings. The maximum absolute atomic E-state index is 12.5. The first-order valence-corrected chi connectivity index (χ1v) is 8.26. The van der Waals surface area contributed by atoms with Crippen LogP contribution in [0.4, 0.5) is 0 Å². The molecule has 5 heteroatoms. The SMILES string of the molecule is O=S(=O)(c1ccc(-c2ccco2)cc1)N1CCCCC1. The summed E-state index contributed by atoms with van der Waals surface area (Å²) in [5.74, 6) is 0.743. The van der Waals surface area contributed by atoms with Crippen molar-refractivity contribution in [3.63, 3.8) is 0 Å². The quantitative estimate of drug-likeness (QED) is 0.873. The smallest absolute Gasteiger partial charge is 0.243 e. The van der Waals surface area contributed by atoms with Crippen molar-refractivity contribution in [1.82, 2.24) is 4.31 Å². The number of hydrogen-bond acceptors (Lipinski definition) is 3. The van der Waals surface area contributed by atoms with E-state index in [-0.39, 0.29) is 0 Å². The van der Waals surface area contributed by atoms with Gasteiger partial charge in [0.1, 0.15) is 5.76 Å². The number of rotatable bonds is 3.